The van der Waals surface area contributed by atoms with Crippen molar-refractivity contribution in [3.05, 3.63) is 59.2 Å². The Hall–Kier alpha value is -2.11. The molecule has 0 spiro atoms. The molecule has 2 rings (SSSR count). The van der Waals surface area contributed by atoms with E-state index in [9.17, 15) is 4.79 Å². The van der Waals surface area contributed by atoms with Gasteiger partial charge in [-0.3, -0.25) is 10.1 Å². The highest BCUT2D eigenvalue weighted by Crippen LogP contribution is 2.11. The van der Waals surface area contributed by atoms with E-state index in [-0.39, 0.29) is 23.4 Å². The Labute approximate surface area is 141 Å². The average Bonchev–Trinajstić information content (AvgIpc) is 2.44. The van der Waals surface area contributed by atoms with Gasteiger partial charge in [0.1, 0.15) is 0 Å². The van der Waals surface area contributed by atoms with Crippen LogP contribution >= 0.6 is 24.6 Å². The SMILES string of the molecule is Cc1ccc(C(=O)NC(=S)Nc2ccc(N)cc2)cc1C.Cl. The van der Waals surface area contributed by atoms with Crippen LogP contribution in [0.5, 0.6) is 0 Å². The Bertz CT molecular complexity index is 686. The van der Waals surface area contributed by atoms with E-state index in [1.807, 2.05) is 26.0 Å². The highest BCUT2D eigenvalue weighted by Gasteiger charge is 2.08. The lowest BCUT2D eigenvalue weighted by Gasteiger charge is -2.10. The molecular weight excluding hydrogens is 318 g/mol. The van der Waals surface area contributed by atoms with Crippen LogP contribution < -0.4 is 16.4 Å². The monoisotopic (exact) mass is 335 g/mol. The van der Waals surface area contributed by atoms with Crippen molar-refractivity contribution in [1.29, 1.82) is 0 Å². The van der Waals surface area contributed by atoms with Crippen molar-refractivity contribution in [2.45, 2.75) is 13.8 Å². The Morgan fingerprint density at radius 3 is 2.27 bits per heavy atom. The van der Waals surface area contributed by atoms with Crippen molar-refractivity contribution in [1.82, 2.24) is 5.32 Å². The third-order valence-electron chi connectivity index (χ3n) is 3.16. The summed E-state index contributed by atoms with van der Waals surface area (Å²) in [6.45, 7) is 3.97. The van der Waals surface area contributed by atoms with Crippen LogP contribution in [0, 0.1) is 13.8 Å². The fourth-order valence-corrected chi connectivity index (χ4v) is 2.00. The number of nitrogen functional groups attached to an aromatic ring is 1. The zero-order valence-electron chi connectivity index (χ0n) is 12.3. The summed E-state index contributed by atoms with van der Waals surface area (Å²) in [4.78, 5) is 12.1. The molecule has 0 atom stereocenters. The number of amides is 1. The number of aryl methyl sites for hydroxylation is 2. The summed E-state index contributed by atoms with van der Waals surface area (Å²) in [6.07, 6.45) is 0. The van der Waals surface area contributed by atoms with Crippen LogP contribution in [0.15, 0.2) is 42.5 Å². The van der Waals surface area contributed by atoms with Gasteiger partial charge in [-0.1, -0.05) is 6.07 Å². The minimum atomic E-state index is -0.231. The van der Waals surface area contributed by atoms with Crippen molar-refractivity contribution in [2.75, 3.05) is 11.1 Å². The fraction of sp³-hybridized carbons (Fsp3) is 0.125. The molecule has 0 aliphatic heterocycles. The third-order valence-corrected chi connectivity index (χ3v) is 3.37. The Kier molecular flexibility index (Phi) is 6.34. The van der Waals surface area contributed by atoms with Gasteiger partial charge >= 0.3 is 0 Å². The lowest BCUT2D eigenvalue weighted by molar-refractivity contribution is 0.0977. The molecule has 4 nitrogen and oxygen atoms in total. The molecule has 1 amide bonds. The topological polar surface area (TPSA) is 67.2 Å². The minimum Gasteiger partial charge on any atom is -0.399 e. The first-order valence-electron chi connectivity index (χ1n) is 6.51. The molecule has 116 valence electrons. The summed E-state index contributed by atoms with van der Waals surface area (Å²) in [5.41, 5.74) is 9.85. The quantitative estimate of drug-likeness (QED) is 0.581. The van der Waals surface area contributed by atoms with E-state index in [0.29, 0.717) is 11.3 Å². The largest absolute Gasteiger partial charge is 0.399 e. The van der Waals surface area contributed by atoms with E-state index in [0.717, 1.165) is 16.8 Å². The maximum atomic E-state index is 12.1. The normalized spacial score (nSPS) is 9.55. The first-order valence-corrected chi connectivity index (χ1v) is 6.91. The molecule has 0 saturated carbocycles. The molecular formula is C16H18ClN3OS. The zero-order chi connectivity index (χ0) is 15.4. The van der Waals surface area contributed by atoms with Gasteiger partial charge in [0, 0.05) is 16.9 Å². The van der Waals surface area contributed by atoms with Crippen LogP contribution in [0.2, 0.25) is 0 Å². The van der Waals surface area contributed by atoms with E-state index >= 15 is 0 Å². The maximum absolute atomic E-state index is 12.1. The molecule has 22 heavy (non-hydrogen) atoms. The van der Waals surface area contributed by atoms with Gasteiger partial charge in [-0.25, -0.2) is 0 Å². The number of nitrogens with one attached hydrogen (secondary N) is 2. The van der Waals surface area contributed by atoms with Crippen LogP contribution in [0.4, 0.5) is 11.4 Å². The number of halogens is 1. The third kappa shape index (κ3) is 4.72. The van der Waals surface area contributed by atoms with Gasteiger partial charge in [0.25, 0.3) is 5.91 Å². The number of hydrogen-bond donors (Lipinski definition) is 3. The number of rotatable bonds is 2. The van der Waals surface area contributed by atoms with Crippen LogP contribution in [0.25, 0.3) is 0 Å². The molecule has 0 fully saturated rings. The Balaban J connectivity index is 0.00000242. The summed E-state index contributed by atoms with van der Waals surface area (Å²) in [6, 6.07) is 12.7. The van der Waals surface area contributed by atoms with Gasteiger partial charge in [-0.2, -0.15) is 0 Å². The first kappa shape index (κ1) is 17.9. The number of carbonyl (C=O) groups excluding carboxylic acids is 1. The molecule has 0 unspecified atom stereocenters. The van der Waals surface area contributed by atoms with Gasteiger partial charge in [-0.05, 0) is 73.6 Å². The number of hydrogen-bond acceptors (Lipinski definition) is 3. The first-order chi connectivity index (χ1) is 9.95. The molecule has 0 aliphatic carbocycles. The molecule has 0 bridgehead atoms. The van der Waals surface area contributed by atoms with Crippen molar-refractivity contribution >= 4 is 47.0 Å². The van der Waals surface area contributed by atoms with E-state index in [2.05, 4.69) is 10.6 Å². The zero-order valence-corrected chi connectivity index (χ0v) is 14.0. The predicted octanol–water partition coefficient (Wildman–Crippen LogP) is 3.43. The van der Waals surface area contributed by atoms with E-state index in [4.69, 9.17) is 18.0 Å². The highest BCUT2D eigenvalue weighted by molar-refractivity contribution is 7.80. The summed E-state index contributed by atoms with van der Waals surface area (Å²) in [7, 11) is 0. The number of carbonyl (C=O) groups is 1. The van der Waals surface area contributed by atoms with Crippen molar-refractivity contribution < 1.29 is 4.79 Å². The van der Waals surface area contributed by atoms with E-state index < -0.39 is 0 Å². The predicted molar refractivity (Wildman–Crippen MR) is 97.7 cm³/mol. The molecule has 2 aromatic rings. The van der Waals surface area contributed by atoms with Gasteiger partial charge < -0.3 is 11.1 Å². The lowest BCUT2D eigenvalue weighted by atomic mass is 10.1. The van der Waals surface area contributed by atoms with Crippen LogP contribution in [-0.4, -0.2) is 11.0 Å². The van der Waals surface area contributed by atoms with Crippen LogP contribution in [-0.2, 0) is 0 Å². The van der Waals surface area contributed by atoms with E-state index in [1.165, 1.54) is 0 Å². The van der Waals surface area contributed by atoms with Crippen molar-refractivity contribution in [3.63, 3.8) is 0 Å². The van der Waals surface area contributed by atoms with Crippen LogP contribution in [0.1, 0.15) is 21.5 Å². The Morgan fingerprint density at radius 1 is 1.05 bits per heavy atom. The number of nitrogens with two attached hydrogens (primary N) is 1. The minimum absolute atomic E-state index is 0. The summed E-state index contributed by atoms with van der Waals surface area (Å²) >= 11 is 5.13. The van der Waals surface area contributed by atoms with Crippen molar-refractivity contribution in [2.24, 2.45) is 0 Å². The summed E-state index contributed by atoms with van der Waals surface area (Å²) in [5, 5.41) is 5.85. The Morgan fingerprint density at radius 2 is 1.68 bits per heavy atom. The van der Waals surface area contributed by atoms with Gasteiger partial charge in [0.2, 0.25) is 0 Å². The highest BCUT2D eigenvalue weighted by atomic mass is 35.5. The standard InChI is InChI=1S/C16H17N3OS.ClH/c1-10-3-4-12(9-11(10)2)15(20)19-16(21)18-14-7-5-13(17)6-8-14;/h3-9H,17H2,1-2H3,(H2,18,19,20,21);1H. The van der Waals surface area contributed by atoms with Gasteiger partial charge in [0.05, 0.1) is 0 Å². The number of anilines is 2. The van der Waals surface area contributed by atoms with E-state index in [1.54, 1.807) is 30.3 Å². The molecule has 2 aromatic carbocycles. The van der Waals surface area contributed by atoms with Gasteiger partial charge in [-0.15, -0.1) is 12.4 Å². The summed E-state index contributed by atoms with van der Waals surface area (Å²) < 4.78 is 0. The fourth-order valence-electron chi connectivity index (χ4n) is 1.79. The molecule has 0 aliphatic rings. The van der Waals surface area contributed by atoms with Gasteiger partial charge in [0.15, 0.2) is 5.11 Å². The second-order valence-electron chi connectivity index (χ2n) is 4.83. The molecule has 0 aromatic heterocycles. The molecule has 4 N–H and O–H groups in total. The summed E-state index contributed by atoms with van der Waals surface area (Å²) in [5.74, 6) is -0.231. The van der Waals surface area contributed by atoms with Crippen LogP contribution in [0.3, 0.4) is 0 Å². The second-order valence-corrected chi connectivity index (χ2v) is 5.24. The number of thiocarbonyl (C=S) groups is 1. The number of benzene rings is 2. The molecule has 0 saturated heterocycles. The molecule has 0 heterocycles. The smallest absolute Gasteiger partial charge is 0.257 e. The lowest BCUT2D eigenvalue weighted by Crippen LogP contribution is -2.34. The average molecular weight is 336 g/mol. The van der Waals surface area contributed by atoms with Crippen molar-refractivity contribution in [3.8, 4) is 0 Å². The molecule has 6 heteroatoms. The second kappa shape index (κ2) is 7.77. The maximum Gasteiger partial charge on any atom is 0.257 e. The molecule has 0 radical (unpaired) electrons.